The third-order valence-electron chi connectivity index (χ3n) is 8.04. The van der Waals surface area contributed by atoms with Gasteiger partial charge in [-0.1, -0.05) is 11.6 Å². The molecule has 2 aromatic carbocycles. The van der Waals surface area contributed by atoms with Crippen molar-refractivity contribution in [2.75, 3.05) is 40.4 Å². The lowest BCUT2D eigenvalue weighted by molar-refractivity contribution is 0.0708. The van der Waals surface area contributed by atoms with Crippen LogP contribution in [-0.4, -0.2) is 68.2 Å². The van der Waals surface area contributed by atoms with E-state index in [-0.39, 0.29) is 11.9 Å². The zero-order valence-electron chi connectivity index (χ0n) is 23.3. The van der Waals surface area contributed by atoms with Crippen molar-refractivity contribution in [3.63, 3.8) is 0 Å². The minimum absolute atomic E-state index is 0.126. The van der Waals surface area contributed by atoms with Gasteiger partial charge >= 0.3 is 0 Å². The number of methoxy groups -OCH3 is 2. The Hall–Kier alpha value is -2.97. The van der Waals surface area contributed by atoms with Gasteiger partial charge in [0.2, 0.25) is 0 Å². The summed E-state index contributed by atoms with van der Waals surface area (Å²) in [7, 11) is 3.10. The smallest absolute Gasteiger partial charge is 0.254 e. The fraction of sp³-hybridized carbons (Fsp3) is 0.516. The minimum atomic E-state index is -0.624. The summed E-state index contributed by atoms with van der Waals surface area (Å²) in [6, 6.07) is 9.28. The molecular weight excluding hydrogens is 500 g/mol. The molecule has 2 aromatic rings. The van der Waals surface area contributed by atoms with E-state index >= 15 is 0 Å². The fourth-order valence-corrected chi connectivity index (χ4v) is 5.90. The molecule has 2 N–H and O–H groups in total. The largest absolute Gasteiger partial charge is 0.493 e. The number of nitrogens with zero attached hydrogens (tertiary/aromatic N) is 2. The summed E-state index contributed by atoms with van der Waals surface area (Å²) in [6.07, 6.45) is 8.28. The van der Waals surface area contributed by atoms with Gasteiger partial charge in [-0.2, -0.15) is 0 Å². The highest BCUT2D eigenvalue weighted by Gasteiger charge is 2.31. The lowest BCUT2D eigenvalue weighted by atomic mass is 9.86. The molecule has 1 aliphatic carbocycles. The van der Waals surface area contributed by atoms with Crippen molar-refractivity contribution in [2.24, 2.45) is 11.7 Å². The number of ether oxygens (including phenoxy) is 2. The third kappa shape index (κ3) is 7.57. The lowest BCUT2D eigenvalue weighted by Crippen LogP contribution is -2.45. The molecule has 6 nitrogen and oxygen atoms in total. The van der Waals surface area contributed by atoms with E-state index in [1.807, 2.05) is 11.8 Å². The van der Waals surface area contributed by atoms with Gasteiger partial charge in [-0.3, -0.25) is 9.69 Å². The van der Waals surface area contributed by atoms with E-state index in [2.05, 4.69) is 4.90 Å². The highest BCUT2D eigenvalue weighted by molar-refractivity contribution is 5.95. The van der Waals surface area contributed by atoms with Gasteiger partial charge in [-0.05, 0) is 88.2 Å². The average molecular weight is 542 g/mol. The van der Waals surface area contributed by atoms with Gasteiger partial charge in [0.05, 0.1) is 14.2 Å². The van der Waals surface area contributed by atoms with Crippen LogP contribution in [0.2, 0.25) is 0 Å². The first-order valence-corrected chi connectivity index (χ1v) is 13.9. The Kier molecular flexibility index (Phi) is 9.97. The van der Waals surface area contributed by atoms with E-state index in [0.717, 1.165) is 63.3 Å². The van der Waals surface area contributed by atoms with Crippen molar-refractivity contribution >= 4 is 12.0 Å². The summed E-state index contributed by atoms with van der Waals surface area (Å²) in [5, 5.41) is 0. The van der Waals surface area contributed by atoms with Crippen LogP contribution in [0.25, 0.3) is 6.08 Å². The van der Waals surface area contributed by atoms with Crippen LogP contribution in [0.4, 0.5) is 8.78 Å². The number of hydrogen-bond donors (Lipinski definition) is 1. The second-order valence-electron chi connectivity index (χ2n) is 11.0. The normalized spacial score (nSPS) is 22.1. The molecule has 1 heterocycles. The van der Waals surface area contributed by atoms with Gasteiger partial charge in [0.1, 0.15) is 11.6 Å². The molecule has 212 valence electrons. The van der Waals surface area contributed by atoms with E-state index in [9.17, 15) is 13.6 Å². The first-order valence-electron chi connectivity index (χ1n) is 13.9. The van der Waals surface area contributed by atoms with Gasteiger partial charge in [0.15, 0.2) is 11.5 Å². The Balaban J connectivity index is 1.55. The van der Waals surface area contributed by atoms with Gasteiger partial charge < -0.3 is 20.1 Å². The number of hydrogen-bond acceptors (Lipinski definition) is 5. The van der Waals surface area contributed by atoms with E-state index in [1.165, 1.54) is 12.1 Å². The van der Waals surface area contributed by atoms with E-state index in [0.29, 0.717) is 47.7 Å². The van der Waals surface area contributed by atoms with Gasteiger partial charge in [-0.15, -0.1) is 0 Å². The fourth-order valence-electron chi connectivity index (χ4n) is 5.90. The van der Waals surface area contributed by atoms with Crippen LogP contribution < -0.4 is 15.2 Å². The zero-order valence-corrected chi connectivity index (χ0v) is 23.3. The Morgan fingerprint density at radius 3 is 2.49 bits per heavy atom. The standard InChI is InChI=1S/C31H41F2N3O3/c1-21(15-23-8-10-25(32)17-28(23)33)18-36(31(37)24-9-13-29(38-2)30(16-24)39-3)20-27-5-4-14-35(27)19-22-6-11-26(34)12-7-22/h8-10,13,15-17,22,26-27H,4-7,11-12,14,18-20,34H2,1-3H3. The van der Waals surface area contributed by atoms with Crippen LogP contribution >= 0.6 is 0 Å². The molecule has 1 atom stereocenters. The number of likely N-dealkylation sites (tertiary alicyclic amines) is 1. The van der Waals surface area contributed by atoms with Crippen LogP contribution in [0.5, 0.6) is 11.5 Å². The first kappa shape index (κ1) is 29.0. The van der Waals surface area contributed by atoms with E-state index < -0.39 is 11.6 Å². The van der Waals surface area contributed by atoms with Crippen molar-refractivity contribution in [1.82, 2.24) is 9.80 Å². The number of halogens is 2. The summed E-state index contributed by atoms with van der Waals surface area (Å²) in [4.78, 5) is 18.3. The maximum Gasteiger partial charge on any atom is 0.254 e. The van der Waals surface area contributed by atoms with Crippen molar-refractivity contribution in [3.8, 4) is 11.5 Å². The summed E-state index contributed by atoms with van der Waals surface area (Å²) in [6.45, 7) is 4.82. The molecule has 1 saturated heterocycles. The Labute approximate surface area is 230 Å². The number of rotatable bonds is 10. The molecule has 1 saturated carbocycles. The zero-order chi connectivity index (χ0) is 27.9. The maximum absolute atomic E-state index is 14.3. The predicted octanol–water partition coefficient (Wildman–Crippen LogP) is 5.51. The van der Waals surface area contributed by atoms with Crippen molar-refractivity contribution in [3.05, 3.63) is 64.7 Å². The van der Waals surface area contributed by atoms with Crippen LogP contribution in [0, 0.1) is 17.6 Å². The predicted molar refractivity (Wildman–Crippen MR) is 150 cm³/mol. The first-order chi connectivity index (χ1) is 18.8. The second kappa shape index (κ2) is 13.4. The van der Waals surface area contributed by atoms with E-state index in [1.54, 1.807) is 38.5 Å². The quantitative estimate of drug-likeness (QED) is 0.430. The molecular formula is C31H41F2N3O3. The number of nitrogens with two attached hydrogens (primary N) is 1. The molecule has 2 fully saturated rings. The summed E-state index contributed by atoms with van der Waals surface area (Å²) < 4.78 is 38.5. The van der Waals surface area contributed by atoms with Crippen LogP contribution in [0.15, 0.2) is 42.0 Å². The third-order valence-corrected chi connectivity index (χ3v) is 8.04. The second-order valence-corrected chi connectivity index (χ2v) is 11.0. The summed E-state index contributed by atoms with van der Waals surface area (Å²) >= 11 is 0. The van der Waals surface area contributed by atoms with Crippen LogP contribution in [0.1, 0.15) is 61.4 Å². The minimum Gasteiger partial charge on any atom is -0.493 e. The Bertz CT molecular complexity index is 1160. The number of benzene rings is 2. The Morgan fingerprint density at radius 2 is 1.79 bits per heavy atom. The molecule has 2 aliphatic rings. The van der Waals surface area contributed by atoms with Crippen molar-refractivity contribution < 1.29 is 23.0 Å². The number of amides is 1. The van der Waals surface area contributed by atoms with Gasteiger partial charge in [0.25, 0.3) is 5.91 Å². The highest BCUT2D eigenvalue weighted by Crippen LogP contribution is 2.30. The topological polar surface area (TPSA) is 68.0 Å². The molecule has 1 amide bonds. The van der Waals surface area contributed by atoms with E-state index in [4.69, 9.17) is 15.2 Å². The number of carbonyl (C=O) groups excluding carboxylic acids is 1. The monoisotopic (exact) mass is 541 g/mol. The maximum atomic E-state index is 14.3. The van der Waals surface area contributed by atoms with Crippen molar-refractivity contribution in [1.29, 1.82) is 0 Å². The molecule has 1 unspecified atom stereocenters. The van der Waals surface area contributed by atoms with Crippen LogP contribution in [0.3, 0.4) is 0 Å². The van der Waals surface area contributed by atoms with Crippen molar-refractivity contribution in [2.45, 2.75) is 57.5 Å². The summed E-state index contributed by atoms with van der Waals surface area (Å²) in [5.74, 6) is 0.317. The lowest BCUT2D eigenvalue weighted by Gasteiger charge is -2.35. The van der Waals surface area contributed by atoms with Gasteiger partial charge in [0, 0.05) is 48.9 Å². The molecule has 0 radical (unpaired) electrons. The molecule has 8 heteroatoms. The van der Waals surface area contributed by atoms with Gasteiger partial charge in [-0.25, -0.2) is 8.78 Å². The molecule has 1 aliphatic heterocycles. The molecule has 39 heavy (non-hydrogen) atoms. The molecule has 0 aromatic heterocycles. The average Bonchev–Trinajstić information content (AvgIpc) is 3.36. The molecule has 0 spiro atoms. The molecule has 4 rings (SSSR count). The molecule has 0 bridgehead atoms. The summed E-state index contributed by atoms with van der Waals surface area (Å²) in [5.41, 5.74) is 7.72. The number of carbonyl (C=O) groups is 1. The Morgan fingerprint density at radius 1 is 1.05 bits per heavy atom. The SMILES string of the molecule is COc1ccc(C(=O)N(CC(C)=Cc2ccc(F)cc2F)CC2CCCN2CC2CCC(N)CC2)cc1OC. The van der Waals surface area contributed by atoms with Crippen LogP contribution in [-0.2, 0) is 0 Å². The highest BCUT2D eigenvalue weighted by atomic mass is 19.1.